The molecule has 2 amide bonds. The molecule has 2 aromatic carbocycles. The zero-order chi connectivity index (χ0) is 26.9. The molecule has 5 rings (SSSR count). The molecule has 0 bridgehead atoms. The van der Waals surface area contributed by atoms with Crippen molar-refractivity contribution >= 4 is 34.0 Å². The molecule has 2 aliphatic rings. The Balaban J connectivity index is 1.18. The molecule has 1 fully saturated rings. The fraction of sp³-hybridized carbons (Fsp3) is 0.393. The SMILES string of the molecule is C[C@@H]1CN(c2cccc(-c3csc(NC(=O)CNC(=O)c4ccc5c(c4)[C@@](C)(N)CNC5)n3)c2)C[C@H](C)O1. The molecule has 0 aliphatic carbocycles. The summed E-state index contributed by atoms with van der Waals surface area (Å²) in [6, 6.07) is 13.7. The van der Waals surface area contributed by atoms with Gasteiger partial charge in [0.2, 0.25) is 5.91 Å². The maximum Gasteiger partial charge on any atom is 0.251 e. The number of carbonyl (C=O) groups excluding carboxylic acids is 2. The minimum Gasteiger partial charge on any atom is -0.372 e. The zero-order valence-electron chi connectivity index (χ0n) is 21.9. The lowest BCUT2D eigenvalue weighted by Gasteiger charge is -2.37. The van der Waals surface area contributed by atoms with Crippen molar-refractivity contribution in [1.29, 1.82) is 0 Å². The van der Waals surface area contributed by atoms with E-state index in [2.05, 4.69) is 51.8 Å². The number of nitrogens with zero attached hydrogens (tertiary/aromatic N) is 2. The number of hydrogen-bond donors (Lipinski definition) is 4. The molecule has 2 aliphatic heterocycles. The lowest BCUT2D eigenvalue weighted by atomic mass is 9.85. The first kappa shape index (κ1) is 26.3. The number of nitrogens with one attached hydrogen (secondary N) is 3. The summed E-state index contributed by atoms with van der Waals surface area (Å²) >= 11 is 1.35. The summed E-state index contributed by atoms with van der Waals surface area (Å²) in [7, 11) is 0. The smallest absolute Gasteiger partial charge is 0.251 e. The lowest BCUT2D eigenvalue weighted by molar-refractivity contribution is -0.115. The molecule has 1 saturated heterocycles. The van der Waals surface area contributed by atoms with E-state index in [-0.39, 0.29) is 30.6 Å². The molecule has 3 heterocycles. The number of aromatic nitrogens is 1. The van der Waals surface area contributed by atoms with Gasteiger partial charge in [0, 0.05) is 48.4 Å². The number of hydrogen-bond acceptors (Lipinski definition) is 8. The molecule has 3 aromatic rings. The van der Waals surface area contributed by atoms with Gasteiger partial charge >= 0.3 is 0 Å². The van der Waals surface area contributed by atoms with Crippen molar-refractivity contribution < 1.29 is 14.3 Å². The Bertz CT molecular complexity index is 1330. The van der Waals surface area contributed by atoms with Gasteiger partial charge < -0.3 is 31.3 Å². The van der Waals surface area contributed by atoms with Crippen molar-refractivity contribution in [3.05, 3.63) is 64.5 Å². The number of morpholine rings is 1. The molecular formula is C28H34N6O3S. The van der Waals surface area contributed by atoms with Crippen molar-refractivity contribution in [2.24, 2.45) is 5.73 Å². The van der Waals surface area contributed by atoms with E-state index in [9.17, 15) is 9.59 Å². The van der Waals surface area contributed by atoms with Crippen LogP contribution in [0.2, 0.25) is 0 Å². The summed E-state index contributed by atoms with van der Waals surface area (Å²) < 4.78 is 5.86. The number of ether oxygens (including phenoxy) is 1. The number of anilines is 2. The molecule has 5 N–H and O–H groups in total. The molecular weight excluding hydrogens is 500 g/mol. The summed E-state index contributed by atoms with van der Waals surface area (Å²) in [6.45, 7) is 9.00. The molecule has 3 atom stereocenters. The fourth-order valence-corrected chi connectivity index (χ4v) is 5.83. The van der Waals surface area contributed by atoms with Crippen LogP contribution in [0.4, 0.5) is 10.8 Å². The highest BCUT2D eigenvalue weighted by atomic mass is 32.1. The number of fused-ring (bicyclic) bond motifs is 1. The van der Waals surface area contributed by atoms with Gasteiger partial charge in [-0.05, 0) is 56.2 Å². The van der Waals surface area contributed by atoms with Crippen molar-refractivity contribution in [2.75, 3.05) is 36.4 Å². The van der Waals surface area contributed by atoms with Crippen molar-refractivity contribution in [2.45, 2.75) is 45.1 Å². The number of thiazole rings is 1. The summed E-state index contributed by atoms with van der Waals surface area (Å²) in [5.74, 6) is -0.657. The molecule has 9 nitrogen and oxygen atoms in total. The lowest BCUT2D eigenvalue weighted by Crippen LogP contribution is -2.47. The molecule has 10 heteroatoms. The van der Waals surface area contributed by atoms with Crippen molar-refractivity contribution in [3.8, 4) is 11.3 Å². The van der Waals surface area contributed by atoms with E-state index in [4.69, 9.17) is 10.5 Å². The molecule has 1 aromatic heterocycles. The fourth-order valence-electron chi connectivity index (χ4n) is 5.10. The number of nitrogens with two attached hydrogens (primary N) is 1. The minimum atomic E-state index is -0.553. The first-order valence-corrected chi connectivity index (χ1v) is 13.7. The van der Waals surface area contributed by atoms with Crippen molar-refractivity contribution in [1.82, 2.24) is 15.6 Å². The minimum absolute atomic E-state index is 0.158. The first-order valence-electron chi connectivity index (χ1n) is 12.9. The van der Waals surface area contributed by atoms with Gasteiger partial charge in [0.05, 0.1) is 30.0 Å². The molecule has 0 spiro atoms. The van der Waals surface area contributed by atoms with Gasteiger partial charge in [-0.3, -0.25) is 9.59 Å². The van der Waals surface area contributed by atoms with E-state index >= 15 is 0 Å². The summed E-state index contributed by atoms with van der Waals surface area (Å²) in [5.41, 5.74) is 11.2. The van der Waals surface area contributed by atoms with Crippen molar-refractivity contribution in [3.63, 3.8) is 0 Å². The average Bonchev–Trinajstić information content (AvgIpc) is 3.35. The van der Waals surface area contributed by atoms with E-state index in [1.54, 1.807) is 6.07 Å². The van der Waals surface area contributed by atoms with Gasteiger partial charge in [0.1, 0.15) is 0 Å². The van der Waals surface area contributed by atoms with Gasteiger partial charge in [0.25, 0.3) is 5.91 Å². The van der Waals surface area contributed by atoms with Crippen LogP contribution in [0, 0.1) is 0 Å². The Morgan fingerprint density at radius 3 is 2.79 bits per heavy atom. The third kappa shape index (κ3) is 5.88. The molecule has 38 heavy (non-hydrogen) atoms. The average molecular weight is 535 g/mol. The Labute approximate surface area is 226 Å². The van der Waals surface area contributed by atoms with Gasteiger partial charge in [0.15, 0.2) is 5.13 Å². The van der Waals surface area contributed by atoms with E-state index < -0.39 is 5.54 Å². The summed E-state index contributed by atoms with van der Waals surface area (Å²) in [4.78, 5) is 32.2. The van der Waals surface area contributed by atoms with Crippen LogP contribution in [0.5, 0.6) is 0 Å². The molecule has 0 radical (unpaired) electrons. The number of rotatable bonds is 6. The Kier molecular flexibility index (Phi) is 7.49. The van der Waals surface area contributed by atoms with Gasteiger partial charge in [-0.15, -0.1) is 11.3 Å². The van der Waals surface area contributed by atoms with Gasteiger partial charge in [-0.1, -0.05) is 18.2 Å². The van der Waals surface area contributed by atoms with Crippen LogP contribution in [0.15, 0.2) is 47.8 Å². The highest BCUT2D eigenvalue weighted by molar-refractivity contribution is 7.14. The van der Waals surface area contributed by atoms with E-state index in [1.807, 2.05) is 36.6 Å². The van der Waals surface area contributed by atoms with Crippen LogP contribution in [-0.4, -0.2) is 55.2 Å². The Hall–Kier alpha value is -3.31. The second-order valence-corrected chi connectivity index (χ2v) is 11.2. The normalized spacial score (nSPS) is 23.0. The zero-order valence-corrected chi connectivity index (χ0v) is 22.7. The monoisotopic (exact) mass is 534 g/mol. The highest BCUT2D eigenvalue weighted by Crippen LogP contribution is 2.30. The van der Waals surface area contributed by atoms with Crippen LogP contribution in [-0.2, 0) is 21.6 Å². The maximum absolute atomic E-state index is 12.7. The summed E-state index contributed by atoms with van der Waals surface area (Å²) in [5, 5.41) is 11.2. The van der Waals surface area contributed by atoms with Gasteiger partial charge in [-0.2, -0.15) is 0 Å². The van der Waals surface area contributed by atoms with E-state index in [0.717, 1.165) is 47.7 Å². The predicted molar refractivity (Wildman–Crippen MR) is 150 cm³/mol. The quantitative estimate of drug-likeness (QED) is 0.383. The molecule has 200 valence electrons. The van der Waals surface area contributed by atoms with Crippen LogP contribution in [0.1, 0.15) is 42.3 Å². The van der Waals surface area contributed by atoms with Gasteiger partial charge in [-0.25, -0.2) is 4.98 Å². The van der Waals surface area contributed by atoms with Crippen LogP contribution in [0.25, 0.3) is 11.3 Å². The second kappa shape index (κ2) is 10.8. The third-order valence-electron chi connectivity index (χ3n) is 6.88. The summed E-state index contributed by atoms with van der Waals surface area (Å²) in [6.07, 6.45) is 0.351. The van der Waals surface area contributed by atoms with Crippen LogP contribution < -0.4 is 26.6 Å². The maximum atomic E-state index is 12.7. The largest absolute Gasteiger partial charge is 0.372 e. The van der Waals surface area contributed by atoms with Crippen LogP contribution in [0.3, 0.4) is 0 Å². The topological polar surface area (TPSA) is 122 Å². The second-order valence-electron chi connectivity index (χ2n) is 10.4. The van der Waals surface area contributed by atoms with E-state index in [0.29, 0.717) is 17.2 Å². The van der Waals surface area contributed by atoms with Crippen LogP contribution >= 0.6 is 11.3 Å². The number of benzene rings is 2. The standard InChI is InChI=1S/C28H34N6O3S/c1-17-13-34(14-18(2)37-17)22-6-4-5-19(9-22)24-15-38-27(32-24)33-25(35)12-31-26(36)20-7-8-21-11-30-16-28(3,29)23(21)10-20/h4-10,15,17-18,30H,11-14,16,29H2,1-3H3,(H,31,36)(H,32,33,35)/t17-,18+,28-/m0/s1. The number of amides is 2. The predicted octanol–water partition coefficient (Wildman–Crippen LogP) is 3.07. The third-order valence-corrected chi connectivity index (χ3v) is 7.64. The highest BCUT2D eigenvalue weighted by Gasteiger charge is 2.28. The molecule has 0 saturated carbocycles. The Morgan fingerprint density at radius 2 is 2.00 bits per heavy atom. The number of carbonyl (C=O) groups is 2. The Morgan fingerprint density at radius 1 is 1.21 bits per heavy atom. The first-order chi connectivity index (χ1) is 18.2. The van der Waals surface area contributed by atoms with E-state index in [1.165, 1.54) is 11.3 Å². The molecule has 0 unspecified atom stereocenters.